The fourth-order valence-electron chi connectivity index (χ4n) is 1.75. The van der Waals surface area contributed by atoms with Gasteiger partial charge in [0, 0.05) is 13.1 Å². The molecule has 110 valence electrons. The van der Waals surface area contributed by atoms with Gasteiger partial charge in [-0.15, -0.1) is 6.58 Å². The number of urea groups is 1. The number of hydrogen-bond acceptors (Lipinski definition) is 2. The molecule has 0 aromatic carbocycles. The van der Waals surface area contributed by atoms with E-state index in [0.717, 1.165) is 0 Å². The van der Waals surface area contributed by atoms with Gasteiger partial charge in [-0.25, -0.2) is 9.59 Å². The highest BCUT2D eigenvalue weighted by molar-refractivity contribution is 5.82. The number of amides is 2. The van der Waals surface area contributed by atoms with Crippen molar-refractivity contribution in [3.05, 3.63) is 12.7 Å². The summed E-state index contributed by atoms with van der Waals surface area (Å²) >= 11 is 0. The fraction of sp³-hybridized carbons (Fsp3) is 0.714. The number of carboxylic acid groups (broad SMARTS) is 1. The van der Waals surface area contributed by atoms with E-state index in [1.807, 2.05) is 27.7 Å². The Morgan fingerprint density at radius 3 is 2.00 bits per heavy atom. The fourth-order valence-corrected chi connectivity index (χ4v) is 1.75. The molecule has 0 fully saturated rings. The van der Waals surface area contributed by atoms with Gasteiger partial charge >= 0.3 is 12.0 Å². The van der Waals surface area contributed by atoms with Crippen molar-refractivity contribution >= 4 is 12.0 Å². The summed E-state index contributed by atoms with van der Waals surface area (Å²) in [5.41, 5.74) is 0. The van der Waals surface area contributed by atoms with Crippen LogP contribution in [-0.4, -0.2) is 41.1 Å². The smallest absolute Gasteiger partial charge is 0.326 e. The van der Waals surface area contributed by atoms with Crippen molar-refractivity contribution in [2.45, 2.75) is 40.2 Å². The van der Waals surface area contributed by atoms with Crippen LogP contribution in [0.25, 0.3) is 0 Å². The van der Waals surface area contributed by atoms with Gasteiger partial charge in [0.2, 0.25) is 0 Å². The molecule has 0 saturated carbocycles. The molecule has 0 aliphatic carbocycles. The second kappa shape index (κ2) is 8.56. The molecule has 0 radical (unpaired) electrons. The third-order valence-corrected chi connectivity index (χ3v) is 2.46. The molecule has 2 amide bonds. The summed E-state index contributed by atoms with van der Waals surface area (Å²) in [6.07, 6.45) is 1.71. The van der Waals surface area contributed by atoms with Crippen LogP contribution in [0.1, 0.15) is 34.1 Å². The molecule has 19 heavy (non-hydrogen) atoms. The first-order valence-electron chi connectivity index (χ1n) is 6.67. The van der Waals surface area contributed by atoms with E-state index in [9.17, 15) is 9.59 Å². The van der Waals surface area contributed by atoms with Gasteiger partial charge in [0.05, 0.1) is 0 Å². The van der Waals surface area contributed by atoms with Crippen LogP contribution in [0, 0.1) is 11.8 Å². The number of carboxylic acids is 1. The lowest BCUT2D eigenvalue weighted by Gasteiger charge is -2.28. The maximum atomic E-state index is 12.1. The second-order valence-corrected chi connectivity index (χ2v) is 5.56. The van der Waals surface area contributed by atoms with Crippen molar-refractivity contribution in [2.75, 3.05) is 13.1 Å². The summed E-state index contributed by atoms with van der Waals surface area (Å²) in [5.74, 6) is -0.360. The van der Waals surface area contributed by atoms with Gasteiger partial charge in [-0.05, 0) is 18.3 Å². The standard InChI is InChI=1S/C14H26N2O3/c1-6-7-12(13(17)18)15-14(19)16(8-10(2)3)9-11(4)5/h6,10-12H,1,7-9H2,2-5H3,(H,15,19)(H,17,18). The summed E-state index contributed by atoms with van der Waals surface area (Å²) in [6.45, 7) is 12.8. The zero-order chi connectivity index (χ0) is 15.0. The van der Waals surface area contributed by atoms with Crippen molar-refractivity contribution < 1.29 is 14.7 Å². The molecule has 0 bridgehead atoms. The molecule has 0 saturated heterocycles. The molecule has 0 aromatic heterocycles. The number of hydrogen-bond donors (Lipinski definition) is 2. The Labute approximate surface area is 115 Å². The lowest BCUT2D eigenvalue weighted by Crippen LogP contribution is -2.49. The van der Waals surface area contributed by atoms with Gasteiger partial charge in [0.1, 0.15) is 6.04 Å². The molecule has 0 spiro atoms. The Bertz CT molecular complexity index is 304. The van der Waals surface area contributed by atoms with E-state index in [-0.39, 0.29) is 12.5 Å². The molecule has 2 N–H and O–H groups in total. The van der Waals surface area contributed by atoms with E-state index in [2.05, 4.69) is 11.9 Å². The van der Waals surface area contributed by atoms with Gasteiger partial charge in [-0.1, -0.05) is 33.8 Å². The maximum absolute atomic E-state index is 12.1. The maximum Gasteiger partial charge on any atom is 0.326 e. The van der Waals surface area contributed by atoms with Gasteiger partial charge in [0.25, 0.3) is 0 Å². The van der Waals surface area contributed by atoms with Crippen molar-refractivity contribution in [3.8, 4) is 0 Å². The van der Waals surface area contributed by atoms with Gasteiger partial charge in [0.15, 0.2) is 0 Å². The Hall–Kier alpha value is -1.52. The summed E-state index contributed by atoms with van der Waals surface area (Å²) in [4.78, 5) is 24.8. The topological polar surface area (TPSA) is 69.6 Å². The van der Waals surface area contributed by atoms with Crippen molar-refractivity contribution in [1.82, 2.24) is 10.2 Å². The van der Waals surface area contributed by atoms with Gasteiger partial charge in [-0.2, -0.15) is 0 Å². The second-order valence-electron chi connectivity index (χ2n) is 5.56. The average molecular weight is 270 g/mol. The molecule has 0 aliphatic rings. The number of rotatable bonds is 8. The van der Waals surface area contributed by atoms with E-state index in [1.54, 1.807) is 4.90 Å². The van der Waals surface area contributed by atoms with Crippen LogP contribution in [0.3, 0.4) is 0 Å². The molecule has 0 rings (SSSR count). The van der Waals surface area contributed by atoms with Gasteiger partial charge < -0.3 is 15.3 Å². The largest absolute Gasteiger partial charge is 0.480 e. The van der Waals surface area contributed by atoms with Crippen LogP contribution in [-0.2, 0) is 4.79 Å². The van der Waals surface area contributed by atoms with E-state index in [1.165, 1.54) is 6.08 Å². The van der Waals surface area contributed by atoms with E-state index >= 15 is 0 Å². The molecular weight excluding hydrogens is 244 g/mol. The number of nitrogens with one attached hydrogen (secondary N) is 1. The lowest BCUT2D eigenvalue weighted by atomic mass is 10.1. The summed E-state index contributed by atoms with van der Waals surface area (Å²) in [6, 6.07) is -1.23. The van der Waals surface area contributed by atoms with Crippen LogP contribution in [0.15, 0.2) is 12.7 Å². The van der Waals surface area contributed by atoms with Crippen molar-refractivity contribution in [3.63, 3.8) is 0 Å². The minimum absolute atomic E-state index is 0.221. The third-order valence-electron chi connectivity index (χ3n) is 2.46. The van der Waals surface area contributed by atoms with Crippen LogP contribution in [0.4, 0.5) is 4.79 Å². The highest BCUT2D eigenvalue weighted by atomic mass is 16.4. The zero-order valence-corrected chi connectivity index (χ0v) is 12.3. The predicted octanol–water partition coefficient (Wildman–Crippen LogP) is 2.34. The monoisotopic (exact) mass is 270 g/mol. The van der Waals surface area contributed by atoms with Crippen LogP contribution in [0.5, 0.6) is 0 Å². The normalized spacial score (nSPS) is 12.3. The minimum atomic E-state index is -1.04. The average Bonchev–Trinajstić information content (AvgIpc) is 2.25. The van der Waals surface area contributed by atoms with E-state index in [0.29, 0.717) is 24.9 Å². The number of carbonyl (C=O) groups is 2. The minimum Gasteiger partial charge on any atom is -0.480 e. The van der Waals surface area contributed by atoms with Crippen LogP contribution >= 0.6 is 0 Å². The molecule has 5 nitrogen and oxygen atoms in total. The quantitative estimate of drug-likeness (QED) is 0.665. The number of nitrogens with zero attached hydrogens (tertiary/aromatic N) is 1. The Kier molecular flexibility index (Phi) is 7.87. The molecule has 1 atom stereocenters. The highest BCUT2D eigenvalue weighted by Crippen LogP contribution is 2.05. The zero-order valence-electron chi connectivity index (χ0n) is 12.3. The summed E-state index contributed by atoms with van der Waals surface area (Å²) in [5, 5.41) is 11.6. The summed E-state index contributed by atoms with van der Waals surface area (Å²) < 4.78 is 0. The molecule has 0 heterocycles. The molecule has 0 aromatic rings. The lowest BCUT2D eigenvalue weighted by molar-refractivity contribution is -0.139. The number of carbonyl (C=O) groups excluding carboxylic acids is 1. The van der Waals surface area contributed by atoms with Crippen LogP contribution < -0.4 is 5.32 Å². The van der Waals surface area contributed by atoms with E-state index in [4.69, 9.17) is 5.11 Å². The van der Waals surface area contributed by atoms with Crippen molar-refractivity contribution in [1.29, 1.82) is 0 Å². The SMILES string of the molecule is C=CCC(NC(=O)N(CC(C)C)CC(C)C)C(=O)O. The molecular formula is C14H26N2O3. The van der Waals surface area contributed by atoms with E-state index < -0.39 is 12.0 Å². The third kappa shape index (κ3) is 7.49. The first-order chi connectivity index (χ1) is 8.77. The Morgan fingerprint density at radius 2 is 1.68 bits per heavy atom. The van der Waals surface area contributed by atoms with Gasteiger partial charge in [-0.3, -0.25) is 0 Å². The predicted molar refractivity (Wildman–Crippen MR) is 76.0 cm³/mol. The summed E-state index contributed by atoms with van der Waals surface area (Å²) in [7, 11) is 0. The Balaban J connectivity index is 4.68. The first-order valence-corrected chi connectivity index (χ1v) is 6.67. The Morgan fingerprint density at radius 1 is 1.21 bits per heavy atom. The molecule has 1 unspecified atom stereocenters. The molecule has 5 heteroatoms. The molecule has 0 aliphatic heterocycles. The van der Waals surface area contributed by atoms with Crippen LogP contribution in [0.2, 0.25) is 0 Å². The first kappa shape index (κ1) is 17.5. The number of aliphatic carboxylic acids is 1. The van der Waals surface area contributed by atoms with Crippen molar-refractivity contribution in [2.24, 2.45) is 11.8 Å². The highest BCUT2D eigenvalue weighted by Gasteiger charge is 2.22.